The Balaban J connectivity index is 1.28. The summed E-state index contributed by atoms with van der Waals surface area (Å²) in [7, 11) is 0. The highest BCUT2D eigenvalue weighted by molar-refractivity contribution is 7.15. The maximum absolute atomic E-state index is 12.1. The zero-order valence-electron chi connectivity index (χ0n) is 15.4. The molecule has 1 fully saturated rings. The molecule has 2 heterocycles. The number of hydrogen-bond donors (Lipinski definition) is 2. The minimum atomic E-state index is -0.0942. The van der Waals surface area contributed by atoms with Crippen LogP contribution in [-0.4, -0.2) is 26.3 Å². The number of aromatic nitrogens is 4. The zero-order valence-corrected chi connectivity index (χ0v) is 16.2. The molecule has 28 heavy (non-hydrogen) atoms. The van der Waals surface area contributed by atoms with Crippen LogP contribution < -0.4 is 11.1 Å². The van der Waals surface area contributed by atoms with Crippen molar-refractivity contribution in [3.05, 3.63) is 58.9 Å². The normalized spacial score (nSPS) is 18.9. The SMILES string of the molecule is Nc1nnc(C2CCC(Cc3ccc(CC(=O)Nc4ccccc4)nn3)C2)s1. The molecule has 3 N–H and O–H groups in total. The monoisotopic (exact) mass is 394 g/mol. The highest BCUT2D eigenvalue weighted by atomic mass is 32.1. The Bertz CT molecular complexity index is 927. The van der Waals surface area contributed by atoms with Crippen LogP contribution in [0.5, 0.6) is 0 Å². The van der Waals surface area contributed by atoms with E-state index in [1.165, 1.54) is 11.3 Å². The van der Waals surface area contributed by atoms with Crippen LogP contribution in [0.1, 0.15) is 41.6 Å². The lowest BCUT2D eigenvalue weighted by Crippen LogP contribution is -2.15. The highest BCUT2D eigenvalue weighted by Crippen LogP contribution is 2.40. The molecule has 3 aromatic rings. The third-order valence-electron chi connectivity index (χ3n) is 5.02. The Morgan fingerprint density at radius 2 is 1.82 bits per heavy atom. The number of nitrogens with two attached hydrogens (primary N) is 1. The molecule has 0 aliphatic heterocycles. The number of carbonyl (C=O) groups excluding carboxylic acids is 1. The summed E-state index contributed by atoms with van der Waals surface area (Å²) in [4.78, 5) is 12.1. The van der Waals surface area contributed by atoms with E-state index in [1.54, 1.807) is 0 Å². The quantitative estimate of drug-likeness (QED) is 0.665. The third kappa shape index (κ3) is 4.69. The number of amides is 1. The molecule has 2 aromatic heterocycles. The average Bonchev–Trinajstić information content (AvgIpc) is 3.33. The van der Waals surface area contributed by atoms with Gasteiger partial charge < -0.3 is 11.1 Å². The summed E-state index contributed by atoms with van der Waals surface area (Å²) in [5.41, 5.74) is 8.12. The summed E-state index contributed by atoms with van der Waals surface area (Å²) < 4.78 is 0. The Hall–Kier alpha value is -2.87. The molecule has 1 amide bonds. The van der Waals surface area contributed by atoms with E-state index >= 15 is 0 Å². The second kappa shape index (κ2) is 8.43. The summed E-state index contributed by atoms with van der Waals surface area (Å²) in [5, 5.41) is 21.1. The summed E-state index contributed by atoms with van der Waals surface area (Å²) in [6.45, 7) is 0. The van der Waals surface area contributed by atoms with Crippen molar-refractivity contribution in [1.82, 2.24) is 20.4 Å². The fourth-order valence-corrected chi connectivity index (χ4v) is 4.43. The van der Waals surface area contributed by atoms with Crippen molar-refractivity contribution in [3.63, 3.8) is 0 Å². The Morgan fingerprint density at radius 1 is 1.04 bits per heavy atom. The molecule has 1 aromatic carbocycles. The molecule has 0 saturated heterocycles. The molecule has 1 saturated carbocycles. The second-order valence-electron chi connectivity index (χ2n) is 7.17. The summed E-state index contributed by atoms with van der Waals surface area (Å²) >= 11 is 1.49. The van der Waals surface area contributed by atoms with Gasteiger partial charge in [-0.2, -0.15) is 10.2 Å². The second-order valence-corrected chi connectivity index (χ2v) is 8.21. The maximum atomic E-state index is 12.1. The van der Waals surface area contributed by atoms with E-state index in [2.05, 4.69) is 25.7 Å². The van der Waals surface area contributed by atoms with Crippen molar-refractivity contribution >= 4 is 28.1 Å². The van der Waals surface area contributed by atoms with E-state index in [4.69, 9.17) is 5.73 Å². The first-order chi connectivity index (χ1) is 13.7. The Morgan fingerprint density at radius 3 is 2.54 bits per heavy atom. The van der Waals surface area contributed by atoms with Gasteiger partial charge in [-0.3, -0.25) is 4.79 Å². The predicted octanol–water partition coefficient (Wildman–Crippen LogP) is 3.22. The molecule has 0 radical (unpaired) electrons. The van der Waals surface area contributed by atoms with E-state index in [-0.39, 0.29) is 12.3 Å². The van der Waals surface area contributed by atoms with Crippen LogP contribution in [0.3, 0.4) is 0 Å². The zero-order chi connectivity index (χ0) is 19.3. The number of nitrogens with one attached hydrogen (secondary N) is 1. The van der Waals surface area contributed by atoms with Gasteiger partial charge in [0.1, 0.15) is 5.01 Å². The van der Waals surface area contributed by atoms with Crippen LogP contribution in [0, 0.1) is 5.92 Å². The lowest BCUT2D eigenvalue weighted by atomic mass is 10.00. The number of nitrogen functional groups attached to an aromatic ring is 1. The van der Waals surface area contributed by atoms with E-state index in [1.807, 2.05) is 42.5 Å². The molecule has 8 heteroatoms. The maximum Gasteiger partial charge on any atom is 0.230 e. The lowest BCUT2D eigenvalue weighted by molar-refractivity contribution is -0.115. The molecule has 1 aliphatic carbocycles. The van der Waals surface area contributed by atoms with Crippen molar-refractivity contribution < 1.29 is 4.79 Å². The molecule has 0 bridgehead atoms. The number of carbonyl (C=O) groups is 1. The number of para-hydroxylation sites is 1. The molecule has 2 unspecified atom stereocenters. The van der Waals surface area contributed by atoms with E-state index in [0.717, 1.165) is 42.1 Å². The van der Waals surface area contributed by atoms with Crippen LogP contribution in [0.4, 0.5) is 10.8 Å². The van der Waals surface area contributed by atoms with Gasteiger partial charge in [0.25, 0.3) is 0 Å². The number of hydrogen-bond acceptors (Lipinski definition) is 7. The summed E-state index contributed by atoms with van der Waals surface area (Å²) in [6.07, 6.45) is 4.45. The topological polar surface area (TPSA) is 107 Å². The van der Waals surface area contributed by atoms with Crippen molar-refractivity contribution in [2.24, 2.45) is 5.92 Å². The summed E-state index contributed by atoms with van der Waals surface area (Å²) in [5.74, 6) is 0.925. The first-order valence-electron chi connectivity index (χ1n) is 9.41. The van der Waals surface area contributed by atoms with Crippen LogP contribution in [0.15, 0.2) is 42.5 Å². The largest absolute Gasteiger partial charge is 0.374 e. The van der Waals surface area contributed by atoms with Crippen LogP contribution in [0.2, 0.25) is 0 Å². The van der Waals surface area contributed by atoms with Crippen LogP contribution in [-0.2, 0) is 17.6 Å². The fourth-order valence-electron chi connectivity index (χ4n) is 3.67. The highest BCUT2D eigenvalue weighted by Gasteiger charge is 2.28. The van der Waals surface area contributed by atoms with Gasteiger partial charge in [-0.15, -0.1) is 10.2 Å². The molecule has 0 spiro atoms. The van der Waals surface area contributed by atoms with E-state index in [9.17, 15) is 4.79 Å². The molecule has 1 aliphatic rings. The van der Waals surface area contributed by atoms with E-state index in [0.29, 0.717) is 22.7 Å². The van der Waals surface area contributed by atoms with Gasteiger partial charge in [0.05, 0.1) is 17.8 Å². The fraction of sp³-hybridized carbons (Fsp3) is 0.350. The van der Waals surface area contributed by atoms with Crippen LogP contribution >= 0.6 is 11.3 Å². The number of nitrogens with zero attached hydrogens (tertiary/aromatic N) is 4. The third-order valence-corrected chi connectivity index (χ3v) is 5.93. The first kappa shape index (κ1) is 18.5. The van der Waals surface area contributed by atoms with Gasteiger partial charge >= 0.3 is 0 Å². The van der Waals surface area contributed by atoms with E-state index < -0.39 is 0 Å². The minimum absolute atomic E-state index is 0.0942. The van der Waals surface area contributed by atoms with Gasteiger partial charge in [0, 0.05) is 11.6 Å². The lowest BCUT2D eigenvalue weighted by Gasteiger charge is -2.09. The first-order valence-corrected chi connectivity index (χ1v) is 10.2. The number of anilines is 2. The molecule has 144 valence electrons. The molecule has 4 rings (SSSR count). The van der Waals surface area contributed by atoms with Gasteiger partial charge in [-0.05, 0) is 55.9 Å². The number of rotatable bonds is 6. The summed E-state index contributed by atoms with van der Waals surface area (Å²) in [6, 6.07) is 13.3. The van der Waals surface area contributed by atoms with Gasteiger partial charge in [0.2, 0.25) is 11.0 Å². The standard InChI is InChI=1S/C20H22N6OS/c21-20-26-25-19(28-20)14-7-6-13(10-14)11-16-8-9-17(24-23-16)12-18(27)22-15-4-2-1-3-5-15/h1-5,8-9,13-14H,6-7,10-12H2,(H2,21,26)(H,22,27). The van der Waals surface area contributed by atoms with Crippen molar-refractivity contribution in [1.29, 1.82) is 0 Å². The van der Waals surface area contributed by atoms with Crippen molar-refractivity contribution in [3.8, 4) is 0 Å². The van der Waals surface area contributed by atoms with Gasteiger partial charge in [-0.1, -0.05) is 29.5 Å². The smallest absolute Gasteiger partial charge is 0.230 e. The molecule has 7 nitrogen and oxygen atoms in total. The van der Waals surface area contributed by atoms with Gasteiger partial charge in [-0.25, -0.2) is 0 Å². The Kier molecular flexibility index (Phi) is 5.57. The van der Waals surface area contributed by atoms with Crippen molar-refractivity contribution in [2.75, 3.05) is 11.1 Å². The number of benzene rings is 1. The van der Waals surface area contributed by atoms with Gasteiger partial charge in [0.15, 0.2) is 0 Å². The van der Waals surface area contributed by atoms with Crippen molar-refractivity contribution in [2.45, 2.75) is 38.0 Å². The molecular formula is C20H22N6OS. The molecular weight excluding hydrogens is 372 g/mol. The Labute approximate surface area is 167 Å². The predicted molar refractivity (Wildman–Crippen MR) is 109 cm³/mol. The molecule has 2 atom stereocenters. The minimum Gasteiger partial charge on any atom is -0.374 e. The van der Waals surface area contributed by atoms with Crippen LogP contribution in [0.25, 0.3) is 0 Å². The average molecular weight is 395 g/mol.